The summed E-state index contributed by atoms with van der Waals surface area (Å²) in [5, 5.41) is 0. The molecule has 0 saturated carbocycles. The molecule has 1 N–H and O–H groups in total. The Morgan fingerprint density at radius 1 is 1.28 bits per heavy atom. The molecule has 0 aliphatic rings. The second kappa shape index (κ2) is 7.74. The van der Waals surface area contributed by atoms with Crippen LogP contribution in [0, 0.1) is 17.8 Å². The Bertz CT molecular complexity index is 494. The first kappa shape index (κ1) is 17.4. The third-order valence-electron chi connectivity index (χ3n) is 2.00. The molecule has 0 spiro atoms. The van der Waals surface area contributed by atoms with E-state index in [1.165, 1.54) is 0 Å². The van der Waals surface area contributed by atoms with Gasteiger partial charge in [0.2, 0.25) is 0 Å². The van der Waals surface area contributed by atoms with Crippen molar-refractivity contribution in [3.63, 3.8) is 0 Å². The molecule has 0 aromatic rings. The lowest BCUT2D eigenvalue weighted by atomic mass is 10.1. The van der Waals surface area contributed by atoms with Crippen LogP contribution in [-0.2, 0) is 24.4 Å². The molecule has 0 aliphatic carbocycles. The molecule has 0 aromatic heterocycles. The maximum atomic E-state index is 11.2. The zero-order valence-electron chi connectivity index (χ0n) is 10.4. The van der Waals surface area contributed by atoms with Gasteiger partial charge < -0.3 is 0 Å². The second-order valence-electron chi connectivity index (χ2n) is 3.65. The van der Waals surface area contributed by atoms with Gasteiger partial charge in [-0.05, 0) is 26.7 Å². The zero-order valence-corrected chi connectivity index (χ0v) is 12.1. The molecule has 0 aliphatic heterocycles. The average Bonchev–Trinajstić information content (AvgIpc) is 2.14. The highest BCUT2D eigenvalue weighted by Gasteiger charge is 2.17. The first-order valence-corrected chi connectivity index (χ1v) is 8.63. The van der Waals surface area contributed by atoms with Crippen molar-refractivity contribution >= 4 is 20.2 Å². The van der Waals surface area contributed by atoms with Crippen molar-refractivity contribution in [1.82, 2.24) is 0 Å². The fourth-order valence-corrected chi connectivity index (χ4v) is 3.16. The molecular weight excluding hydrogens is 280 g/mol. The smallest absolute Gasteiger partial charge is 0.267 e. The summed E-state index contributed by atoms with van der Waals surface area (Å²) in [4.78, 5) is 0. The van der Waals surface area contributed by atoms with Crippen LogP contribution in [0.4, 0.5) is 0 Å². The Hall–Kier alpha value is -0.620. The van der Waals surface area contributed by atoms with Gasteiger partial charge in [-0.3, -0.25) is 8.74 Å². The van der Waals surface area contributed by atoms with Gasteiger partial charge in [-0.1, -0.05) is 5.92 Å². The zero-order chi connectivity index (χ0) is 14.2. The summed E-state index contributed by atoms with van der Waals surface area (Å²) >= 11 is 0. The maximum absolute atomic E-state index is 11.2. The topological polar surface area (TPSA) is 97.7 Å². The van der Waals surface area contributed by atoms with Crippen molar-refractivity contribution in [2.45, 2.75) is 26.7 Å². The minimum atomic E-state index is -4.10. The predicted molar refractivity (Wildman–Crippen MR) is 68.0 cm³/mol. The lowest BCUT2D eigenvalue weighted by Gasteiger charge is -2.08. The van der Waals surface area contributed by atoms with Crippen molar-refractivity contribution < 1.29 is 25.6 Å². The van der Waals surface area contributed by atoms with Gasteiger partial charge >= 0.3 is 0 Å². The molecular formula is C10H18O6S2. The van der Waals surface area contributed by atoms with Gasteiger partial charge in [-0.25, -0.2) is 0 Å². The Kier molecular flexibility index (Phi) is 7.47. The van der Waals surface area contributed by atoms with Gasteiger partial charge in [0, 0.05) is 5.92 Å². The number of rotatable bonds is 8. The van der Waals surface area contributed by atoms with Crippen LogP contribution in [0.3, 0.4) is 0 Å². The molecule has 0 saturated heterocycles. The molecule has 0 rings (SSSR count). The van der Waals surface area contributed by atoms with Crippen LogP contribution in [0.25, 0.3) is 0 Å². The van der Waals surface area contributed by atoms with Crippen molar-refractivity contribution in [3.8, 4) is 11.8 Å². The van der Waals surface area contributed by atoms with Crippen LogP contribution < -0.4 is 0 Å². The van der Waals surface area contributed by atoms with E-state index < -0.39 is 31.9 Å². The summed E-state index contributed by atoms with van der Waals surface area (Å²) < 4.78 is 57.2. The maximum Gasteiger partial charge on any atom is 0.267 e. The third kappa shape index (κ3) is 9.41. The standard InChI is InChI=1S/C10H18O6S2/c1-3-6-10(9-17(11,12)13)7-5-8-18(14,15)16-4-2/h10H,4-5,7-9H2,1-2H3,(H,11,12,13). The molecule has 0 amide bonds. The van der Waals surface area contributed by atoms with E-state index in [1.807, 2.05) is 0 Å². The van der Waals surface area contributed by atoms with E-state index in [-0.39, 0.29) is 25.2 Å². The van der Waals surface area contributed by atoms with Gasteiger partial charge in [0.1, 0.15) is 0 Å². The average molecular weight is 298 g/mol. The van der Waals surface area contributed by atoms with Gasteiger partial charge in [0.25, 0.3) is 20.2 Å². The number of hydrogen-bond acceptors (Lipinski definition) is 5. The lowest BCUT2D eigenvalue weighted by molar-refractivity contribution is 0.337. The molecule has 0 heterocycles. The lowest BCUT2D eigenvalue weighted by Crippen LogP contribution is -2.16. The Labute approximate surface area is 109 Å². The minimum Gasteiger partial charge on any atom is -0.286 e. The highest BCUT2D eigenvalue weighted by molar-refractivity contribution is 7.86. The molecule has 18 heavy (non-hydrogen) atoms. The van der Waals surface area contributed by atoms with Crippen LogP contribution in [0.2, 0.25) is 0 Å². The van der Waals surface area contributed by atoms with Crippen LogP contribution >= 0.6 is 0 Å². The summed E-state index contributed by atoms with van der Waals surface area (Å²) in [7, 11) is -7.65. The molecule has 0 radical (unpaired) electrons. The quantitative estimate of drug-likeness (QED) is 0.401. The molecule has 0 aromatic carbocycles. The Morgan fingerprint density at radius 3 is 2.33 bits per heavy atom. The first-order valence-electron chi connectivity index (χ1n) is 5.44. The summed E-state index contributed by atoms with van der Waals surface area (Å²) in [5.74, 6) is 3.95. The van der Waals surface area contributed by atoms with Crippen LogP contribution in [0.15, 0.2) is 0 Å². The summed E-state index contributed by atoms with van der Waals surface area (Å²) in [6.07, 6.45) is 0.504. The minimum absolute atomic E-state index is 0.0749. The molecule has 0 bridgehead atoms. The van der Waals surface area contributed by atoms with E-state index in [0.717, 1.165) is 0 Å². The monoisotopic (exact) mass is 298 g/mol. The van der Waals surface area contributed by atoms with Crippen molar-refractivity contribution in [2.75, 3.05) is 18.1 Å². The van der Waals surface area contributed by atoms with Gasteiger partial charge in [0.05, 0.1) is 18.1 Å². The number of hydrogen-bond donors (Lipinski definition) is 1. The molecule has 8 heteroatoms. The second-order valence-corrected chi connectivity index (χ2v) is 6.91. The van der Waals surface area contributed by atoms with E-state index in [4.69, 9.17) is 4.55 Å². The highest BCUT2D eigenvalue weighted by Crippen LogP contribution is 2.10. The van der Waals surface area contributed by atoms with Crippen molar-refractivity contribution in [3.05, 3.63) is 0 Å². The Balaban J connectivity index is 4.33. The van der Waals surface area contributed by atoms with Crippen LogP contribution in [-0.4, -0.2) is 39.5 Å². The van der Waals surface area contributed by atoms with E-state index in [9.17, 15) is 16.8 Å². The SMILES string of the molecule is CC#CC(CCCS(=O)(=O)OCC)CS(=O)(=O)O. The van der Waals surface area contributed by atoms with E-state index in [2.05, 4.69) is 16.0 Å². The van der Waals surface area contributed by atoms with E-state index in [0.29, 0.717) is 0 Å². The summed E-state index contributed by atoms with van der Waals surface area (Å²) in [5.41, 5.74) is 0. The van der Waals surface area contributed by atoms with Gasteiger partial charge in [0.15, 0.2) is 0 Å². The summed E-state index contributed by atoms with van der Waals surface area (Å²) in [6, 6.07) is 0. The van der Waals surface area contributed by atoms with Gasteiger partial charge in [-0.15, -0.1) is 5.92 Å². The molecule has 6 nitrogen and oxygen atoms in total. The van der Waals surface area contributed by atoms with E-state index in [1.54, 1.807) is 13.8 Å². The van der Waals surface area contributed by atoms with Crippen LogP contribution in [0.1, 0.15) is 26.7 Å². The van der Waals surface area contributed by atoms with Crippen molar-refractivity contribution in [2.24, 2.45) is 5.92 Å². The molecule has 0 fully saturated rings. The van der Waals surface area contributed by atoms with Gasteiger partial charge in [-0.2, -0.15) is 16.8 Å². The third-order valence-corrected chi connectivity index (χ3v) is 4.21. The van der Waals surface area contributed by atoms with Crippen LogP contribution in [0.5, 0.6) is 0 Å². The summed E-state index contributed by atoms with van der Waals surface area (Å²) in [6.45, 7) is 3.20. The fraction of sp³-hybridized carbons (Fsp3) is 0.800. The molecule has 1 atom stereocenters. The highest BCUT2D eigenvalue weighted by atomic mass is 32.2. The largest absolute Gasteiger partial charge is 0.286 e. The first-order chi connectivity index (χ1) is 8.20. The predicted octanol–water partition coefficient (Wildman–Crippen LogP) is 0.660. The molecule has 106 valence electrons. The molecule has 1 unspecified atom stereocenters. The normalized spacial score (nSPS) is 13.7. The van der Waals surface area contributed by atoms with Crippen molar-refractivity contribution in [1.29, 1.82) is 0 Å². The van der Waals surface area contributed by atoms with E-state index >= 15 is 0 Å². The Morgan fingerprint density at radius 2 is 1.89 bits per heavy atom. The fourth-order valence-electron chi connectivity index (χ4n) is 1.40.